The molecule has 0 unspecified atom stereocenters. The number of hydrogen-bond donors (Lipinski definition) is 1. The summed E-state index contributed by atoms with van der Waals surface area (Å²) < 4.78 is 11.1. The number of amides is 1. The lowest BCUT2D eigenvalue weighted by Gasteiger charge is -2.18. The highest BCUT2D eigenvalue weighted by molar-refractivity contribution is 5.89. The topological polar surface area (TPSA) is 51.5 Å². The number of hydrogen-bond acceptors (Lipinski definition) is 3. The second-order valence-corrected chi connectivity index (χ2v) is 6.86. The van der Waals surface area contributed by atoms with Crippen LogP contribution >= 0.6 is 0 Å². The molecule has 0 spiro atoms. The van der Waals surface area contributed by atoms with Gasteiger partial charge in [0.1, 0.15) is 11.3 Å². The number of methoxy groups -OCH3 is 1. The Bertz CT molecular complexity index is 955. The van der Waals surface area contributed by atoms with Gasteiger partial charge in [0.15, 0.2) is 0 Å². The standard InChI is InChI=1S/C22H25NO3/c1-13-6-9-20(25-5)19(10-13)16(4)23-21(24)11-17-12-26-22-15(3)14(2)7-8-18(17)22/h6-10,12,16H,11H2,1-5H3,(H,23,24)/t16-/m0/s1. The van der Waals surface area contributed by atoms with Crippen molar-refractivity contribution in [2.75, 3.05) is 7.11 Å². The van der Waals surface area contributed by atoms with E-state index in [-0.39, 0.29) is 18.4 Å². The first-order chi connectivity index (χ1) is 12.4. The number of nitrogens with one attached hydrogen (secondary N) is 1. The quantitative estimate of drug-likeness (QED) is 0.719. The van der Waals surface area contributed by atoms with Gasteiger partial charge in [0.05, 0.1) is 25.8 Å². The van der Waals surface area contributed by atoms with Gasteiger partial charge in [0, 0.05) is 16.5 Å². The van der Waals surface area contributed by atoms with Crippen LogP contribution in [0.2, 0.25) is 0 Å². The lowest BCUT2D eigenvalue weighted by Crippen LogP contribution is -2.28. The van der Waals surface area contributed by atoms with Gasteiger partial charge < -0.3 is 14.5 Å². The van der Waals surface area contributed by atoms with Crippen molar-refractivity contribution in [3.63, 3.8) is 0 Å². The molecule has 0 fully saturated rings. The van der Waals surface area contributed by atoms with Crippen molar-refractivity contribution in [1.29, 1.82) is 0 Å². The molecule has 0 radical (unpaired) electrons. The normalized spacial score (nSPS) is 12.2. The molecule has 0 aliphatic rings. The van der Waals surface area contributed by atoms with Gasteiger partial charge in [-0.25, -0.2) is 0 Å². The molecule has 0 aliphatic heterocycles. The van der Waals surface area contributed by atoms with Crippen LogP contribution in [0.3, 0.4) is 0 Å². The van der Waals surface area contributed by atoms with Crippen LogP contribution in [0, 0.1) is 20.8 Å². The first-order valence-corrected chi connectivity index (χ1v) is 8.81. The highest BCUT2D eigenvalue weighted by Gasteiger charge is 2.17. The summed E-state index contributed by atoms with van der Waals surface area (Å²) in [6.07, 6.45) is 1.97. The molecule has 1 heterocycles. The fraction of sp³-hybridized carbons (Fsp3) is 0.318. The molecule has 0 aliphatic carbocycles. The molecule has 4 nitrogen and oxygen atoms in total. The van der Waals surface area contributed by atoms with Crippen LogP contribution in [0.1, 0.15) is 40.8 Å². The Morgan fingerprint density at radius 2 is 1.96 bits per heavy atom. The molecule has 3 rings (SSSR count). The Hall–Kier alpha value is -2.75. The van der Waals surface area contributed by atoms with Gasteiger partial charge in [-0.05, 0) is 44.9 Å². The smallest absolute Gasteiger partial charge is 0.225 e. The number of rotatable bonds is 5. The van der Waals surface area contributed by atoms with E-state index in [4.69, 9.17) is 9.15 Å². The molecule has 26 heavy (non-hydrogen) atoms. The molecule has 2 aromatic carbocycles. The molecule has 1 N–H and O–H groups in total. The molecular weight excluding hydrogens is 326 g/mol. The minimum atomic E-state index is -0.139. The van der Waals surface area contributed by atoms with Gasteiger partial charge in [-0.15, -0.1) is 0 Å². The van der Waals surface area contributed by atoms with E-state index in [0.29, 0.717) is 0 Å². The maximum Gasteiger partial charge on any atom is 0.225 e. The summed E-state index contributed by atoms with van der Waals surface area (Å²) >= 11 is 0. The monoisotopic (exact) mass is 351 g/mol. The molecule has 1 amide bonds. The zero-order valence-electron chi connectivity index (χ0n) is 16.0. The van der Waals surface area contributed by atoms with Gasteiger partial charge in [0.25, 0.3) is 0 Å². The second-order valence-electron chi connectivity index (χ2n) is 6.86. The number of ether oxygens (including phenoxy) is 1. The van der Waals surface area contributed by atoms with E-state index >= 15 is 0 Å². The van der Waals surface area contributed by atoms with Crippen LogP contribution in [0.4, 0.5) is 0 Å². The average molecular weight is 351 g/mol. The average Bonchev–Trinajstić information content (AvgIpc) is 3.01. The summed E-state index contributed by atoms with van der Waals surface area (Å²) in [7, 11) is 1.64. The summed E-state index contributed by atoms with van der Waals surface area (Å²) in [4.78, 5) is 12.6. The van der Waals surface area contributed by atoms with Crippen LogP contribution in [-0.2, 0) is 11.2 Å². The predicted molar refractivity (Wildman–Crippen MR) is 104 cm³/mol. The van der Waals surface area contributed by atoms with E-state index in [2.05, 4.69) is 18.3 Å². The zero-order chi connectivity index (χ0) is 18.8. The highest BCUT2D eigenvalue weighted by Crippen LogP contribution is 2.28. The van der Waals surface area contributed by atoms with Gasteiger partial charge in [-0.1, -0.05) is 29.8 Å². The zero-order valence-corrected chi connectivity index (χ0v) is 16.0. The maximum absolute atomic E-state index is 12.6. The van der Waals surface area contributed by atoms with E-state index in [1.165, 1.54) is 5.56 Å². The molecule has 1 aromatic heterocycles. The summed E-state index contributed by atoms with van der Waals surface area (Å²) in [5.74, 6) is 0.741. The number of benzene rings is 2. The van der Waals surface area contributed by atoms with Crippen LogP contribution in [0.5, 0.6) is 5.75 Å². The summed E-state index contributed by atoms with van der Waals surface area (Å²) in [5, 5.41) is 4.07. The molecule has 0 saturated heterocycles. The lowest BCUT2D eigenvalue weighted by molar-refractivity contribution is -0.121. The van der Waals surface area contributed by atoms with Crippen molar-refractivity contribution in [3.05, 3.63) is 64.4 Å². The van der Waals surface area contributed by atoms with Gasteiger partial charge in [-0.2, -0.15) is 0 Å². The number of carbonyl (C=O) groups excluding carboxylic acids is 1. The van der Waals surface area contributed by atoms with Crippen LogP contribution in [-0.4, -0.2) is 13.0 Å². The van der Waals surface area contributed by atoms with Crippen molar-refractivity contribution >= 4 is 16.9 Å². The second kappa shape index (κ2) is 7.24. The molecule has 3 aromatic rings. The van der Waals surface area contributed by atoms with E-state index in [0.717, 1.165) is 39.0 Å². The van der Waals surface area contributed by atoms with Crippen LogP contribution in [0.15, 0.2) is 41.0 Å². The highest BCUT2D eigenvalue weighted by atomic mass is 16.5. The molecule has 136 valence electrons. The van der Waals surface area contributed by atoms with E-state index in [9.17, 15) is 4.79 Å². The molecular formula is C22H25NO3. The van der Waals surface area contributed by atoms with Crippen molar-refractivity contribution in [2.45, 2.75) is 40.2 Å². The van der Waals surface area contributed by atoms with E-state index < -0.39 is 0 Å². The molecule has 0 saturated carbocycles. The molecule has 4 heteroatoms. The Morgan fingerprint density at radius 3 is 2.69 bits per heavy atom. The minimum Gasteiger partial charge on any atom is -0.496 e. The fourth-order valence-electron chi connectivity index (χ4n) is 3.26. The van der Waals surface area contributed by atoms with Crippen molar-refractivity contribution in [1.82, 2.24) is 5.32 Å². The Kier molecular flexibility index (Phi) is 5.03. The summed E-state index contributed by atoms with van der Waals surface area (Å²) in [5.41, 5.74) is 6.18. The van der Waals surface area contributed by atoms with Gasteiger partial charge in [0.2, 0.25) is 5.91 Å². The summed E-state index contributed by atoms with van der Waals surface area (Å²) in [6, 6.07) is 9.93. The van der Waals surface area contributed by atoms with Crippen molar-refractivity contribution < 1.29 is 13.9 Å². The van der Waals surface area contributed by atoms with Crippen LogP contribution in [0.25, 0.3) is 11.0 Å². The summed E-state index contributed by atoms with van der Waals surface area (Å²) in [6.45, 7) is 8.09. The number of fused-ring (bicyclic) bond motifs is 1. The van der Waals surface area contributed by atoms with E-state index in [1.54, 1.807) is 13.4 Å². The first-order valence-electron chi connectivity index (χ1n) is 8.81. The Morgan fingerprint density at radius 1 is 1.19 bits per heavy atom. The van der Waals surface area contributed by atoms with Crippen molar-refractivity contribution in [3.8, 4) is 5.75 Å². The maximum atomic E-state index is 12.6. The number of carbonyl (C=O) groups is 1. The first kappa shape index (κ1) is 18.1. The third-order valence-electron chi connectivity index (χ3n) is 4.92. The van der Waals surface area contributed by atoms with Gasteiger partial charge in [-0.3, -0.25) is 4.79 Å². The Labute approximate surface area is 154 Å². The Balaban J connectivity index is 1.77. The predicted octanol–water partition coefficient (Wildman–Crippen LogP) is 4.79. The number of aryl methyl sites for hydroxylation is 3. The minimum absolute atomic E-state index is 0.0398. The molecule has 1 atom stereocenters. The third kappa shape index (κ3) is 3.45. The van der Waals surface area contributed by atoms with E-state index in [1.807, 2.05) is 45.0 Å². The van der Waals surface area contributed by atoms with Crippen LogP contribution < -0.4 is 10.1 Å². The fourth-order valence-corrected chi connectivity index (χ4v) is 3.26. The largest absolute Gasteiger partial charge is 0.496 e. The third-order valence-corrected chi connectivity index (χ3v) is 4.92. The SMILES string of the molecule is COc1ccc(C)cc1[C@H](C)NC(=O)Cc1coc2c(C)c(C)ccc12. The molecule has 0 bridgehead atoms. The number of furan rings is 1. The lowest BCUT2D eigenvalue weighted by atomic mass is 10.0. The van der Waals surface area contributed by atoms with Crippen molar-refractivity contribution in [2.24, 2.45) is 0 Å². The van der Waals surface area contributed by atoms with Gasteiger partial charge >= 0.3 is 0 Å².